The van der Waals surface area contributed by atoms with Gasteiger partial charge in [0.15, 0.2) is 11.5 Å². The summed E-state index contributed by atoms with van der Waals surface area (Å²) in [5.74, 6) is 2.22. The predicted molar refractivity (Wildman–Crippen MR) is 84.4 cm³/mol. The van der Waals surface area contributed by atoms with Gasteiger partial charge in [0.2, 0.25) is 5.75 Å². The average molecular weight is 305 g/mol. The lowest BCUT2D eigenvalue weighted by atomic mass is 9.83. The lowest BCUT2D eigenvalue weighted by molar-refractivity contribution is 0.0215. The number of nitrogens with zero attached hydrogens (tertiary/aromatic N) is 1. The van der Waals surface area contributed by atoms with Crippen LogP contribution in [0.5, 0.6) is 17.2 Å². The highest BCUT2D eigenvalue weighted by Crippen LogP contribution is 2.40. The van der Waals surface area contributed by atoms with Crippen LogP contribution in [0.1, 0.15) is 18.4 Å². The summed E-state index contributed by atoms with van der Waals surface area (Å²) in [7, 11) is 4.80. The number of hydrogen-bond acceptors (Lipinski definition) is 5. The van der Waals surface area contributed by atoms with Crippen molar-refractivity contribution in [2.24, 2.45) is 5.92 Å². The molecular weight excluding hydrogens is 282 g/mol. The third-order valence-electron chi connectivity index (χ3n) is 4.66. The molecule has 5 heteroatoms. The first-order valence-electron chi connectivity index (χ1n) is 7.62. The van der Waals surface area contributed by atoms with Gasteiger partial charge >= 0.3 is 0 Å². The van der Waals surface area contributed by atoms with Crippen LogP contribution in [0.25, 0.3) is 6.08 Å². The summed E-state index contributed by atoms with van der Waals surface area (Å²) in [5.41, 5.74) is 1.94. The molecule has 2 bridgehead atoms. The average Bonchev–Trinajstić information content (AvgIpc) is 2.57. The summed E-state index contributed by atoms with van der Waals surface area (Å²) in [6, 6.07) is 3.81. The molecule has 3 heterocycles. The van der Waals surface area contributed by atoms with Gasteiger partial charge in [0, 0.05) is 18.8 Å². The molecule has 22 heavy (non-hydrogen) atoms. The molecule has 0 amide bonds. The van der Waals surface area contributed by atoms with Crippen molar-refractivity contribution < 1.29 is 19.3 Å². The van der Waals surface area contributed by atoms with Gasteiger partial charge < -0.3 is 24.2 Å². The summed E-state index contributed by atoms with van der Waals surface area (Å²) >= 11 is 0. The summed E-state index contributed by atoms with van der Waals surface area (Å²) in [5, 5.41) is 10.5. The van der Waals surface area contributed by atoms with Crippen molar-refractivity contribution in [1.29, 1.82) is 0 Å². The fraction of sp³-hybridized carbons (Fsp3) is 0.529. The van der Waals surface area contributed by atoms with Crippen LogP contribution in [-0.2, 0) is 0 Å². The van der Waals surface area contributed by atoms with Crippen molar-refractivity contribution in [2.75, 3.05) is 34.4 Å². The molecule has 0 aromatic heterocycles. The molecule has 3 aliphatic heterocycles. The van der Waals surface area contributed by atoms with Crippen LogP contribution in [0.4, 0.5) is 0 Å². The summed E-state index contributed by atoms with van der Waals surface area (Å²) in [6.45, 7) is 2.05. The quantitative estimate of drug-likeness (QED) is 0.923. The lowest BCUT2D eigenvalue weighted by Gasteiger charge is -2.45. The molecule has 0 spiro atoms. The molecule has 0 saturated carbocycles. The highest BCUT2D eigenvalue weighted by atomic mass is 16.5. The standard InChI is InChI=1S/C17H23NO4/c1-20-14-9-11(10-15(21-2)17(14)22-3)8-13-16(19)12-4-6-18(13)7-5-12/h8-10,12,16,19H,4-7H2,1-3H3/b13-8-. The van der Waals surface area contributed by atoms with E-state index in [1.54, 1.807) is 21.3 Å². The highest BCUT2D eigenvalue weighted by Gasteiger charge is 2.36. The van der Waals surface area contributed by atoms with Crippen molar-refractivity contribution in [3.63, 3.8) is 0 Å². The molecule has 1 unspecified atom stereocenters. The Morgan fingerprint density at radius 1 is 1.05 bits per heavy atom. The van der Waals surface area contributed by atoms with Gasteiger partial charge in [-0.15, -0.1) is 0 Å². The number of piperidine rings is 3. The van der Waals surface area contributed by atoms with E-state index in [0.717, 1.165) is 37.2 Å². The molecule has 4 rings (SSSR count). The molecule has 5 nitrogen and oxygen atoms in total. The topological polar surface area (TPSA) is 51.2 Å². The number of methoxy groups -OCH3 is 3. The molecule has 3 saturated heterocycles. The second kappa shape index (κ2) is 6.08. The molecule has 3 aliphatic rings. The number of benzene rings is 1. The van der Waals surface area contributed by atoms with Crippen LogP contribution >= 0.6 is 0 Å². The zero-order valence-electron chi connectivity index (χ0n) is 13.3. The third kappa shape index (κ3) is 2.50. The molecule has 1 aromatic carbocycles. The van der Waals surface area contributed by atoms with E-state index < -0.39 is 0 Å². The summed E-state index contributed by atoms with van der Waals surface area (Å²) in [4.78, 5) is 2.27. The van der Waals surface area contributed by atoms with Gasteiger partial charge in [-0.05, 0) is 42.5 Å². The largest absolute Gasteiger partial charge is 0.493 e. The molecule has 1 atom stereocenters. The van der Waals surface area contributed by atoms with Gasteiger partial charge in [-0.1, -0.05) is 0 Å². The molecular formula is C17H23NO4. The van der Waals surface area contributed by atoms with Crippen LogP contribution < -0.4 is 14.2 Å². The van der Waals surface area contributed by atoms with Crippen molar-refractivity contribution in [3.8, 4) is 17.2 Å². The maximum absolute atomic E-state index is 10.5. The minimum absolute atomic E-state index is 0.374. The minimum Gasteiger partial charge on any atom is -0.493 e. The SMILES string of the molecule is COc1cc(/C=C2/C(O)C3CCN2CC3)cc(OC)c1OC. The zero-order chi connectivity index (χ0) is 15.7. The zero-order valence-corrected chi connectivity index (χ0v) is 13.3. The third-order valence-corrected chi connectivity index (χ3v) is 4.66. The Bertz CT molecular complexity index is 547. The first-order valence-corrected chi connectivity index (χ1v) is 7.62. The molecule has 0 radical (unpaired) electrons. The van der Waals surface area contributed by atoms with Crippen LogP contribution in [-0.4, -0.2) is 50.5 Å². The monoisotopic (exact) mass is 305 g/mol. The fourth-order valence-corrected chi connectivity index (χ4v) is 3.43. The Labute approximate surface area is 131 Å². The maximum atomic E-state index is 10.5. The number of rotatable bonds is 4. The van der Waals surface area contributed by atoms with Gasteiger partial charge in [-0.3, -0.25) is 0 Å². The van der Waals surface area contributed by atoms with E-state index in [1.165, 1.54) is 0 Å². The lowest BCUT2D eigenvalue weighted by Crippen LogP contribution is -2.48. The molecule has 3 fully saturated rings. The van der Waals surface area contributed by atoms with Crippen LogP contribution in [0.15, 0.2) is 17.8 Å². The Kier molecular flexibility index (Phi) is 4.16. The van der Waals surface area contributed by atoms with Gasteiger partial charge in [-0.25, -0.2) is 0 Å². The van der Waals surface area contributed by atoms with Crippen molar-refractivity contribution in [3.05, 3.63) is 23.4 Å². The first-order chi connectivity index (χ1) is 10.7. The summed E-state index contributed by atoms with van der Waals surface area (Å²) in [6.07, 6.45) is 3.81. The number of ether oxygens (including phenoxy) is 3. The Morgan fingerprint density at radius 2 is 1.64 bits per heavy atom. The summed E-state index contributed by atoms with van der Waals surface area (Å²) < 4.78 is 16.1. The Morgan fingerprint density at radius 3 is 2.09 bits per heavy atom. The molecule has 120 valence electrons. The maximum Gasteiger partial charge on any atom is 0.203 e. The van der Waals surface area contributed by atoms with Crippen LogP contribution in [0, 0.1) is 5.92 Å². The fourth-order valence-electron chi connectivity index (χ4n) is 3.43. The van der Waals surface area contributed by atoms with Gasteiger partial charge in [0.25, 0.3) is 0 Å². The van der Waals surface area contributed by atoms with Crippen molar-refractivity contribution >= 4 is 6.08 Å². The number of aliphatic hydroxyl groups excluding tert-OH is 1. The smallest absolute Gasteiger partial charge is 0.203 e. The predicted octanol–water partition coefficient (Wildman–Crippen LogP) is 2.14. The Balaban J connectivity index is 2.00. The van der Waals surface area contributed by atoms with Crippen LogP contribution in [0.3, 0.4) is 0 Å². The normalized spacial score (nSPS) is 25.5. The van der Waals surface area contributed by atoms with Gasteiger partial charge in [0.05, 0.1) is 27.4 Å². The second-order valence-corrected chi connectivity index (χ2v) is 5.80. The van der Waals surface area contributed by atoms with E-state index in [4.69, 9.17) is 14.2 Å². The molecule has 0 aliphatic carbocycles. The van der Waals surface area contributed by atoms with Gasteiger partial charge in [-0.2, -0.15) is 0 Å². The van der Waals surface area contributed by atoms with E-state index >= 15 is 0 Å². The molecule has 1 aromatic rings. The van der Waals surface area contributed by atoms with E-state index in [2.05, 4.69) is 4.90 Å². The second-order valence-electron chi connectivity index (χ2n) is 5.80. The molecule has 1 N–H and O–H groups in total. The van der Waals surface area contributed by atoms with E-state index in [0.29, 0.717) is 23.2 Å². The van der Waals surface area contributed by atoms with Crippen molar-refractivity contribution in [1.82, 2.24) is 4.90 Å². The van der Waals surface area contributed by atoms with E-state index in [-0.39, 0.29) is 6.10 Å². The van der Waals surface area contributed by atoms with Crippen molar-refractivity contribution in [2.45, 2.75) is 18.9 Å². The van der Waals surface area contributed by atoms with Gasteiger partial charge in [0.1, 0.15) is 0 Å². The number of hydrogen-bond donors (Lipinski definition) is 1. The number of aliphatic hydroxyl groups is 1. The Hall–Kier alpha value is -1.88. The minimum atomic E-state index is -0.374. The van der Waals surface area contributed by atoms with E-state index in [9.17, 15) is 5.11 Å². The van der Waals surface area contributed by atoms with Crippen LogP contribution in [0.2, 0.25) is 0 Å². The highest BCUT2D eigenvalue weighted by molar-refractivity contribution is 5.64. The van der Waals surface area contributed by atoms with E-state index in [1.807, 2.05) is 18.2 Å². The first kappa shape index (κ1) is 15.0. The number of fused-ring (bicyclic) bond motifs is 3.